The molecule has 0 aliphatic rings. The largest absolute Gasteiger partial charge is 0.159 e. The standard InChI is InChI=1S/C17H15ClN2/c1-10-8-12(3)15(9-11(10)2)16-13-6-4-5-7-14(13)17(18)20-19-16/h4-9H,1-3H3. The van der Waals surface area contributed by atoms with Crippen LogP contribution in [0.25, 0.3) is 22.0 Å². The molecule has 0 atom stereocenters. The third kappa shape index (κ3) is 2.06. The molecule has 1 heterocycles. The smallest absolute Gasteiger partial charge is 0.148 e. The number of fused-ring (bicyclic) bond motifs is 1. The number of halogens is 1. The minimum atomic E-state index is 0.450. The molecule has 0 saturated heterocycles. The predicted octanol–water partition coefficient (Wildman–Crippen LogP) is 4.88. The highest BCUT2D eigenvalue weighted by Gasteiger charge is 2.12. The molecule has 100 valence electrons. The average molecular weight is 283 g/mol. The zero-order chi connectivity index (χ0) is 14.3. The fourth-order valence-electron chi connectivity index (χ4n) is 2.49. The topological polar surface area (TPSA) is 25.8 Å². The minimum absolute atomic E-state index is 0.450. The molecule has 0 spiro atoms. The van der Waals surface area contributed by atoms with Gasteiger partial charge >= 0.3 is 0 Å². The summed E-state index contributed by atoms with van der Waals surface area (Å²) in [5, 5.41) is 10.9. The Morgan fingerprint density at radius 3 is 2.20 bits per heavy atom. The lowest BCUT2D eigenvalue weighted by Crippen LogP contribution is -1.95. The lowest BCUT2D eigenvalue weighted by molar-refractivity contribution is 1.05. The van der Waals surface area contributed by atoms with Gasteiger partial charge < -0.3 is 0 Å². The Hall–Kier alpha value is -1.93. The summed E-state index contributed by atoms with van der Waals surface area (Å²) in [7, 11) is 0. The monoisotopic (exact) mass is 282 g/mol. The molecule has 20 heavy (non-hydrogen) atoms. The Kier molecular flexibility index (Phi) is 3.19. The number of nitrogens with zero attached hydrogens (tertiary/aromatic N) is 2. The molecule has 0 aliphatic carbocycles. The maximum absolute atomic E-state index is 6.14. The van der Waals surface area contributed by atoms with Crippen molar-refractivity contribution in [2.24, 2.45) is 0 Å². The number of benzene rings is 2. The Labute approximate surface area is 123 Å². The van der Waals surface area contributed by atoms with Crippen molar-refractivity contribution >= 4 is 22.4 Å². The van der Waals surface area contributed by atoms with E-state index in [2.05, 4.69) is 43.1 Å². The highest BCUT2D eigenvalue weighted by Crippen LogP contribution is 2.32. The summed E-state index contributed by atoms with van der Waals surface area (Å²) < 4.78 is 0. The first-order valence-corrected chi connectivity index (χ1v) is 6.95. The fraction of sp³-hybridized carbons (Fsp3) is 0.176. The lowest BCUT2D eigenvalue weighted by atomic mass is 9.96. The SMILES string of the molecule is Cc1cc(C)c(-c2nnc(Cl)c3ccccc23)cc1C. The molecule has 0 N–H and O–H groups in total. The number of hydrogen-bond donors (Lipinski definition) is 0. The van der Waals surface area contributed by atoms with Gasteiger partial charge in [-0.25, -0.2) is 0 Å². The highest BCUT2D eigenvalue weighted by atomic mass is 35.5. The quantitative estimate of drug-likeness (QED) is 0.636. The van der Waals surface area contributed by atoms with Crippen molar-refractivity contribution in [2.75, 3.05) is 0 Å². The normalized spacial score (nSPS) is 11.0. The van der Waals surface area contributed by atoms with Crippen molar-refractivity contribution in [3.63, 3.8) is 0 Å². The van der Waals surface area contributed by atoms with E-state index in [0.717, 1.165) is 22.0 Å². The van der Waals surface area contributed by atoms with Gasteiger partial charge in [-0.3, -0.25) is 0 Å². The molecular weight excluding hydrogens is 268 g/mol. The molecule has 1 aromatic heterocycles. The Balaban J connectivity index is 2.36. The molecule has 0 saturated carbocycles. The number of hydrogen-bond acceptors (Lipinski definition) is 2. The summed E-state index contributed by atoms with van der Waals surface area (Å²) >= 11 is 6.14. The van der Waals surface area contributed by atoms with Gasteiger partial charge in [-0.1, -0.05) is 41.9 Å². The van der Waals surface area contributed by atoms with Crippen LogP contribution in [0.2, 0.25) is 5.15 Å². The van der Waals surface area contributed by atoms with Gasteiger partial charge in [-0.15, -0.1) is 10.2 Å². The minimum Gasteiger partial charge on any atom is -0.148 e. The Bertz CT molecular complexity index is 809. The zero-order valence-electron chi connectivity index (χ0n) is 11.7. The summed E-state index contributed by atoms with van der Waals surface area (Å²) in [6.07, 6.45) is 0. The molecule has 0 unspecified atom stereocenters. The molecule has 0 aliphatic heterocycles. The molecule has 3 aromatic rings. The first kappa shape index (κ1) is 13.1. The van der Waals surface area contributed by atoms with Crippen LogP contribution in [0.5, 0.6) is 0 Å². The van der Waals surface area contributed by atoms with Crippen molar-refractivity contribution in [2.45, 2.75) is 20.8 Å². The van der Waals surface area contributed by atoms with Crippen LogP contribution in [0.4, 0.5) is 0 Å². The molecule has 2 nitrogen and oxygen atoms in total. The summed E-state index contributed by atoms with van der Waals surface area (Å²) in [5.41, 5.74) is 5.76. The Morgan fingerprint density at radius 2 is 1.45 bits per heavy atom. The zero-order valence-corrected chi connectivity index (χ0v) is 12.5. The maximum Gasteiger partial charge on any atom is 0.159 e. The third-order valence-corrected chi connectivity index (χ3v) is 4.02. The van der Waals surface area contributed by atoms with Gasteiger partial charge in [0, 0.05) is 16.3 Å². The van der Waals surface area contributed by atoms with Crippen molar-refractivity contribution in [3.05, 3.63) is 58.2 Å². The second kappa shape index (κ2) is 4.88. The first-order valence-electron chi connectivity index (χ1n) is 6.57. The van der Waals surface area contributed by atoms with Crippen LogP contribution >= 0.6 is 11.6 Å². The number of aromatic nitrogens is 2. The lowest BCUT2D eigenvalue weighted by Gasteiger charge is -2.11. The number of aryl methyl sites for hydroxylation is 3. The fourth-order valence-corrected chi connectivity index (χ4v) is 2.69. The summed E-state index contributed by atoms with van der Waals surface area (Å²) in [6, 6.07) is 12.4. The van der Waals surface area contributed by atoms with Crippen LogP contribution in [0.15, 0.2) is 36.4 Å². The van der Waals surface area contributed by atoms with Gasteiger partial charge in [0.15, 0.2) is 5.15 Å². The van der Waals surface area contributed by atoms with Gasteiger partial charge in [0.2, 0.25) is 0 Å². The van der Waals surface area contributed by atoms with Crippen molar-refractivity contribution < 1.29 is 0 Å². The molecule has 0 radical (unpaired) electrons. The maximum atomic E-state index is 6.14. The van der Waals surface area contributed by atoms with Crippen LogP contribution in [-0.2, 0) is 0 Å². The van der Waals surface area contributed by atoms with E-state index in [-0.39, 0.29) is 0 Å². The van der Waals surface area contributed by atoms with Gasteiger partial charge in [0.25, 0.3) is 0 Å². The van der Waals surface area contributed by atoms with E-state index < -0.39 is 0 Å². The number of rotatable bonds is 1. The van der Waals surface area contributed by atoms with Gasteiger partial charge in [0.1, 0.15) is 5.69 Å². The van der Waals surface area contributed by atoms with E-state index in [9.17, 15) is 0 Å². The first-order chi connectivity index (χ1) is 9.58. The van der Waals surface area contributed by atoms with Crippen molar-refractivity contribution in [1.82, 2.24) is 10.2 Å². The van der Waals surface area contributed by atoms with Gasteiger partial charge in [-0.05, 0) is 43.5 Å². The second-order valence-corrected chi connectivity index (χ2v) is 5.49. The van der Waals surface area contributed by atoms with E-state index >= 15 is 0 Å². The molecule has 3 heteroatoms. The second-order valence-electron chi connectivity index (χ2n) is 5.14. The van der Waals surface area contributed by atoms with Crippen LogP contribution in [-0.4, -0.2) is 10.2 Å². The average Bonchev–Trinajstić information content (AvgIpc) is 2.44. The van der Waals surface area contributed by atoms with E-state index in [1.807, 2.05) is 24.3 Å². The third-order valence-electron chi connectivity index (χ3n) is 3.74. The molecule has 0 bridgehead atoms. The van der Waals surface area contributed by atoms with Gasteiger partial charge in [-0.2, -0.15) is 0 Å². The predicted molar refractivity (Wildman–Crippen MR) is 84.2 cm³/mol. The summed E-state index contributed by atoms with van der Waals surface area (Å²) in [4.78, 5) is 0. The molecule has 3 rings (SSSR count). The van der Waals surface area contributed by atoms with Crippen molar-refractivity contribution in [1.29, 1.82) is 0 Å². The van der Waals surface area contributed by atoms with Gasteiger partial charge in [0.05, 0.1) is 0 Å². The highest BCUT2D eigenvalue weighted by molar-refractivity contribution is 6.34. The van der Waals surface area contributed by atoms with E-state index in [0.29, 0.717) is 5.15 Å². The van der Waals surface area contributed by atoms with Crippen LogP contribution in [0.1, 0.15) is 16.7 Å². The van der Waals surface area contributed by atoms with Crippen molar-refractivity contribution in [3.8, 4) is 11.3 Å². The van der Waals surface area contributed by atoms with E-state index in [1.165, 1.54) is 16.7 Å². The van der Waals surface area contributed by atoms with Crippen LogP contribution in [0, 0.1) is 20.8 Å². The van der Waals surface area contributed by atoms with E-state index in [1.54, 1.807) is 0 Å². The molecule has 0 fully saturated rings. The molecular formula is C17H15ClN2. The Morgan fingerprint density at radius 1 is 0.800 bits per heavy atom. The molecule has 0 amide bonds. The van der Waals surface area contributed by atoms with Crippen LogP contribution < -0.4 is 0 Å². The summed E-state index contributed by atoms with van der Waals surface area (Å²) in [6.45, 7) is 6.34. The van der Waals surface area contributed by atoms with Crippen LogP contribution in [0.3, 0.4) is 0 Å². The van der Waals surface area contributed by atoms with E-state index in [4.69, 9.17) is 11.6 Å². The molecule has 2 aromatic carbocycles. The summed E-state index contributed by atoms with van der Waals surface area (Å²) in [5.74, 6) is 0.